The van der Waals surface area contributed by atoms with Gasteiger partial charge in [0.15, 0.2) is 5.82 Å². The first kappa shape index (κ1) is 11.6. The van der Waals surface area contributed by atoms with Crippen molar-refractivity contribution in [3.05, 3.63) is 29.8 Å². The second kappa shape index (κ2) is 4.53. The van der Waals surface area contributed by atoms with Crippen LogP contribution in [0.25, 0.3) is 5.82 Å². The summed E-state index contributed by atoms with van der Waals surface area (Å²) in [7, 11) is 0. The highest BCUT2D eigenvalue weighted by Crippen LogP contribution is 2.14. The summed E-state index contributed by atoms with van der Waals surface area (Å²) >= 11 is 0. The molecule has 5 heteroatoms. The van der Waals surface area contributed by atoms with E-state index in [9.17, 15) is 0 Å². The number of nitrogen functional groups attached to an aromatic ring is 1. The lowest BCUT2D eigenvalue weighted by Crippen LogP contribution is -2.06. The van der Waals surface area contributed by atoms with Crippen LogP contribution in [0.3, 0.4) is 0 Å². The fourth-order valence-electron chi connectivity index (χ4n) is 1.55. The van der Waals surface area contributed by atoms with Crippen LogP contribution in [-0.4, -0.2) is 19.7 Å². The van der Waals surface area contributed by atoms with Gasteiger partial charge in [0.25, 0.3) is 0 Å². The van der Waals surface area contributed by atoms with Crippen LogP contribution in [0.1, 0.15) is 38.2 Å². The fourth-order valence-corrected chi connectivity index (χ4v) is 1.55. The molecule has 0 unspecified atom stereocenters. The fraction of sp³-hybridized carbons (Fsp3) is 0.417. The average molecular weight is 231 g/mol. The maximum absolute atomic E-state index is 5.75. The van der Waals surface area contributed by atoms with Crippen LogP contribution in [0.4, 0.5) is 5.82 Å². The summed E-state index contributed by atoms with van der Waals surface area (Å²) in [4.78, 5) is 8.55. The Morgan fingerprint density at radius 3 is 2.71 bits per heavy atom. The summed E-state index contributed by atoms with van der Waals surface area (Å²) in [5.74, 6) is 2.34. The third-order valence-corrected chi connectivity index (χ3v) is 2.53. The molecule has 2 heterocycles. The first-order chi connectivity index (χ1) is 8.10. The minimum Gasteiger partial charge on any atom is -0.384 e. The van der Waals surface area contributed by atoms with Crippen molar-refractivity contribution in [3.8, 4) is 5.82 Å². The van der Waals surface area contributed by atoms with Crippen LogP contribution in [0.15, 0.2) is 18.3 Å². The zero-order valence-corrected chi connectivity index (χ0v) is 10.4. The second-order valence-corrected chi connectivity index (χ2v) is 4.26. The smallest absolute Gasteiger partial charge is 0.159 e. The first-order valence-corrected chi connectivity index (χ1v) is 5.79. The van der Waals surface area contributed by atoms with Gasteiger partial charge in [-0.3, -0.25) is 0 Å². The largest absolute Gasteiger partial charge is 0.384 e. The van der Waals surface area contributed by atoms with E-state index in [0.717, 1.165) is 23.8 Å². The highest BCUT2D eigenvalue weighted by atomic mass is 15.3. The number of hydrogen-bond acceptors (Lipinski definition) is 4. The molecule has 0 saturated carbocycles. The number of anilines is 1. The summed E-state index contributed by atoms with van der Waals surface area (Å²) in [5.41, 5.74) is 6.79. The van der Waals surface area contributed by atoms with E-state index in [2.05, 4.69) is 28.9 Å². The molecule has 0 aromatic carbocycles. The van der Waals surface area contributed by atoms with Crippen LogP contribution >= 0.6 is 0 Å². The molecular weight excluding hydrogens is 214 g/mol. The summed E-state index contributed by atoms with van der Waals surface area (Å²) in [6.45, 7) is 6.22. The van der Waals surface area contributed by atoms with Crippen LogP contribution in [0, 0.1) is 0 Å². The molecule has 2 aromatic heterocycles. The number of nitrogens with zero attached hydrogens (tertiary/aromatic N) is 4. The van der Waals surface area contributed by atoms with E-state index in [4.69, 9.17) is 5.73 Å². The molecule has 0 atom stereocenters. The molecular formula is C12H17N5. The van der Waals surface area contributed by atoms with Gasteiger partial charge in [0, 0.05) is 18.7 Å². The van der Waals surface area contributed by atoms with Gasteiger partial charge >= 0.3 is 0 Å². The zero-order chi connectivity index (χ0) is 12.4. The molecule has 2 aromatic rings. The SMILES string of the molecule is CCc1nc(N)cc(-n2ccc(C(C)C)n2)n1. The predicted molar refractivity (Wildman–Crippen MR) is 67.0 cm³/mol. The highest BCUT2D eigenvalue weighted by molar-refractivity contribution is 5.37. The predicted octanol–water partition coefficient (Wildman–Crippen LogP) is 1.93. The molecule has 90 valence electrons. The summed E-state index contributed by atoms with van der Waals surface area (Å²) < 4.78 is 1.74. The molecule has 17 heavy (non-hydrogen) atoms. The van der Waals surface area contributed by atoms with Crippen molar-refractivity contribution < 1.29 is 0 Å². The zero-order valence-electron chi connectivity index (χ0n) is 10.4. The lowest BCUT2D eigenvalue weighted by Gasteiger charge is -2.04. The molecule has 2 rings (SSSR count). The van der Waals surface area contributed by atoms with Crippen LogP contribution in [-0.2, 0) is 6.42 Å². The Labute approximate surface area is 101 Å². The van der Waals surface area contributed by atoms with Crippen LogP contribution < -0.4 is 5.73 Å². The Morgan fingerprint density at radius 2 is 2.12 bits per heavy atom. The third kappa shape index (κ3) is 2.43. The van der Waals surface area contributed by atoms with E-state index >= 15 is 0 Å². The van der Waals surface area contributed by atoms with Gasteiger partial charge in [0.1, 0.15) is 11.6 Å². The van der Waals surface area contributed by atoms with Gasteiger partial charge in [-0.1, -0.05) is 20.8 Å². The lowest BCUT2D eigenvalue weighted by atomic mass is 10.1. The van der Waals surface area contributed by atoms with Gasteiger partial charge in [-0.15, -0.1) is 0 Å². The third-order valence-electron chi connectivity index (χ3n) is 2.53. The Hall–Kier alpha value is -1.91. The molecule has 0 amide bonds. The lowest BCUT2D eigenvalue weighted by molar-refractivity contribution is 0.750. The Balaban J connectivity index is 2.41. The van der Waals surface area contributed by atoms with Gasteiger partial charge in [0.05, 0.1) is 5.69 Å². The van der Waals surface area contributed by atoms with E-state index in [-0.39, 0.29) is 0 Å². The first-order valence-electron chi connectivity index (χ1n) is 5.79. The topological polar surface area (TPSA) is 69.6 Å². The number of rotatable bonds is 3. The van der Waals surface area contributed by atoms with E-state index in [1.54, 1.807) is 10.7 Å². The van der Waals surface area contributed by atoms with Crippen molar-refractivity contribution in [3.63, 3.8) is 0 Å². The maximum Gasteiger partial charge on any atom is 0.159 e. The quantitative estimate of drug-likeness (QED) is 0.876. The van der Waals surface area contributed by atoms with Crippen molar-refractivity contribution in [2.45, 2.75) is 33.1 Å². The average Bonchev–Trinajstić information content (AvgIpc) is 2.77. The number of nitrogens with two attached hydrogens (primary N) is 1. The molecule has 2 N–H and O–H groups in total. The van der Waals surface area contributed by atoms with Crippen LogP contribution in [0.5, 0.6) is 0 Å². The van der Waals surface area contributed by atoms with Crippen molar-refractivity contribution in [2.75, 3.05) is 5.73 Å². The molecule has 0 aliphatic carbocycles. The Morgan fingerprint density at radius 1 is 1.35 bits per heavy atom. The maximum atomic E-state index is 5.75. The van der Waals surface area contributed by atoms with Crippen molar-refractivity contribution in [1.29, 1.82) is 0 Å². The summed E-state index contributed by atoms with van der Waals surface area (Å²) in [6, 6.07) is 3.73. The van der Waals surface area contributed by atoms with Gasteiger partial charge in [-0.25, -0.2) is 14.6 Å². The van der Waals surface area contributed by atoms with E-state index in [1.165, 1.54) is 0 Å². The number of aryl methyl sites for hydroxylation is 1. The number of aromatic nitrogens is 4. The van der Waals surface area contributed by atoms with Crippen molar-refractivity contribution >= 4 is 5.82 Å². The van der Waals surface area contributed by atoms with Crippen molar-refractivity contribution in [2.24, 2.45) is 0 Å². The molecule has 0 aliphatic heterocycles. The van der Waals surface area contributed by atoms with E-state index in [1.807, 2.05) is 19.2 Å². The molecule has 5 nitrogen and oxygen atoms in total. The Kier molecular flexibility index (Phi) is 3.08. The second-order valence-electron chi connectivity index (χ2n) is 4.26. The number of hydrogen-bond donors (Lipinski definition) is 1. The molecule has 0 spiro atoms. The van der Waals surface area contributed by atoms with E-state index < -0.39 is 0 Å². The van der Waals surface area contributed by atoms with Gasteiger partial charge in [-0.05, 0) is 12.0 Å². The minimum absolute atomic E-state index is 0.404. The molecule has 0 aliphatic rings. The monoisotopic (exact) mass is 231 g/mol. The Bertz CT molecular complexity index is 515. The summed E-state index contributed by atoms with van der Waals surface area (Å²) in [6.07, 6.45) is 2.66. The van der Waals surface area contributed by atoms with Gasteiger partial charge < -0.3 is 5.73 Å². The minimum atomic E-state index is 0.404. The standard InChI is InChI=1S/C12H17N5/c1-4-11-14-10(13)7-12(15-11)17-6-5-9(16-17)8(2)3/h5-8H,4H2,1-3H3,(H2,13,14,15). The summed E-state index contributed by atoms with van der Waals surface area (Å²) in [5, 5.41) is 4.47. The molecule has 0 saturated heterocycles. The molecule has 0 fully saturated rings. The van der Waals surface area contributed by atoms with Crippen LogP contribution in [0.2, 0.25) is 0 Å². The normalized spacial score (nSPS) is 11.1. The molecule has 0 bridgehead atoms. The van der Waals surface area contributed by atoms with Gasteiger partial charge in [0.2, 0.25) is 0 Å². The van der Waals surface area contributed by atoms with E-state index in [0.29, 0.717) is 11.7 Å². The van der Waals surface area contributed by atoms with Gasteiger partial charge in [-0.2, -0.15) is 5.10 Å². The van der Waals surface area contributed by atoms with Crippen molar-refractivity contribution in [1.82, 2.24) is 19.7 Å². The molecule has 0 radical (unpaired) electrons. The highest BCUT2D eigenvalue weighted by Gasteiger charge is 2.07.